The Labute approximate surface area is 169 Å². The summed E-state index contributed by atoms with van der Waals surface area (Å²) < 4.78 is 37.0. The van der Waals surface area contributed by atoms with Gasteiger partial charge < -0.3 is 9.84 Å². The van der Waals surface area contributed by atoms with Crippen molar-refractivity contribution in [3.63, 3.8) is 0 Å². The molecule has 1 unspecified atom stereocenters. The highest BCUT2D eigenvalue weighted by atomic mass is 32.2. The van der Waals surface area contributed by atoms with Crippen LogP contribution in [0.15, 0.2) is 12.2 Å². The molecule has 0 bridgehead atoms. The molecule has 0 aliphatic carbocycles. The fourth-order valence-electron chi connectivity index (χ4n) is 2.88. The van der Waals surface area contributed by atoms with Gasteiger partial charge in [-0.3, -0.25) is 9.35 Å². The first-order valence-corrected chi connectivity index (χ1v) is 11.7. The summed E-state index contributed by atoms with van der Waals surface area (Å²) in [4.78, 5) is 22.1. The smallest absolute Gasteiger partial charge is 0.334 e. The second-order valence-corrected chi connectivity index (χ2v) is 8.93. The predicted octanol–water partition coefficient (Wildman–Crippen LogP) is 4.52. The summed E-state index contributed by atoms with van der Waals surface area (Å²) in [5, 5.41) is 7.40. The van der Waals surface area contributed by atoms with Crippen LogP contribution in [0.3, 0.4) is 0 Å². The minimum atomic E-state index is -4.35. The number of unbranched alkanes of at least 4 members (excludes halogenated alkanes) is 10. The van der Waals surface area contributed by atoms with Crippen molar-refractivity contribution >= 4 is 22.1 Å². The molecule has 28 heavy (non-hydrogen) atoms. The van der Waals surface area contributed by atoms with E-state index in [9.17, 15) is 22.6 Å². The Morgan fingerprint density at radius 1 is 0.929 bits per heavy atom. The Hall–Kier alpha value is -1.41. The van der Waals surface area contributed by atoms with Crippen LogP contribution in [0.4, 0.5) is 0 Å². The summed E-state index contributed by atoms with van der Waals surface area (Å²) in [6.07, 6.45) is 12.0. The van der Waals surface area contributed by atoms with Crippen molar-refractivity contribution in [1.29, 1.82) is 0 Å². The molecule has 0 rings (SSSR count). The van der Waals surface area contributed by atoms with Gasteiger partial charge in [-0.2, -0.15) is 8.42 Å². The Balaban J connectivity index is 3.98. The Bertz CT molecular complexity index is 569. The van der Waals surface area contributed by atoms with Crippen LogP contribution >= 0.6 is 0 Å². The number of carboxylic acids is 1. The van der Waals surface area contributed by atoms with Crippen molar-refractivity contribution in [2.24, 2.45) is 0 Å². The summed E-state index contributed by atoms with van der Waals surface area (Å²) in [7, 11) is -4.35. The standard InChI is InChI=1S/C20H36O7S/c1-3-4-5-6-7-8-9-10-11-12-13-14-18(28(24,25)26)16-27-20(23)17(2)15-19(21)22/h18H,2-16H2,1H3,(H,21,22)(H,24,25,26). The van der Waals surface area contributed by atoms with Crippen molar-refractivity contribution < 1.29 is 32.4 Å². The van der Waals surface area contributed by atoms with E-state index < -0.39 is 40.3 Å². The van der Waals surface area contributed by atoms with Crippen LogP contribution in [0.25, 0.3) is 0 Å². The van der Waals surface area contributed by atoms with Gasteiger partial charge in [-0.25, -0.2) is 4.79 Å². The highest BCUT2D eigenvalue weighted by Gasteiger charge is 2.25. The Morgan fingerprint density at radius 3 is 1.82 bits per heavy atom. The van der Waals surface area contributed by atoms with E-state index in [4.69, 9.17) is 9.84 Å². The fourth-order valence-corrected chi connectivity index (χ4v) is 3.58. The molecular weight excluding hydrogens is 384 g/mol. The number of carbonyl (C=O) groups is 2. The largest absolute Gasteiger partial charge is 0.481 e. The number of hydrogen-bond donors (Lipinski definition) is 2. The van der Waals surface area contributed by atoms with E-state index in [1.54, 1.807) is 0 Å². The zero-order valence-electron chi connectivity index (χ0n) is 17.0. The van der Waals surface area contributed by atoms with Crippen LogP contribution < -0.4 is 0 Å². The summed E-state index contributed by atoms with van der Waals surface area (Å²) in [5.41, 5.74) is -0.267. The number of aliphatic carboxylic acids is 1. The zero-order valence-corrected chi connectivity index (χ0v) is 17.8. The van der Waals surface area contributed by atoms with Crippen LogP contribution in [0.2, 0.25) is 0 Å². The first kappa shape index (κ1) is 26.6. The molecule has 0 saturated heterocycles. The van der Waals surface area contributed by atoms with E-state index in [-0.39, 0.29) is 12.0 Å². The highest BCUT2D eigenvalue weighted by Crippen LogP contribution is 2.15. The van der Waals surface area contributed by atoms with Gasteiger partial charge >= 0.3 is 11.9 Å². The molecule has 8 heteroatoms. The van der Waals surface area contributed by atoms with Crippen molar-refractivity contribution in [3.8, 4) is 0 Å². The van der Waals surface area contributed by atoms with Crippen molar-refractivity contribution in [3.05, 3.63) is 12.2 Å². The predicted molar refractivity (Wildman–Crippen MR) is 109 cm³/mol. The molecule has 0 saturated carbocycles. The third kappa shape index (κ3) is 14.6. The molecular formula is C20H36O7S. The molecule has 0 aromatic carbocycles. The van der Waals surface area contributed by atoms with Crippen molar-refractivity contribution in [2.45, 2.75) is 95.6 Å². The monoisotopic (exact) mass is 420 g/mol. The molecule has 0 fully saturated rings. The van der Waals surface area contributed by atoms with E-state index in [2.05, 4.69) is 13.5 Å². The maximum absolute atomic E-state index is 11.6. The topological polar surface area (TPSA) is 118 Å². The second-order valence-electron chi connectivity index (χ2n) is 7.23. The number of esters is 1. The molecule has 0 amide bonds. The Kier molecular flexibility index (Phi) is 14.7. The van der Waals surface area contributed by atoms with Crippen LogP contribution in [-0.2, 0) is 24.4 Å². The lowest BCUT2D eigenvalue weighted by molar-refractivity contribution is -0.142. The molecule has 0 spiro atoms. The summed E-state index contributed by atoms with van der Waals surface area (Å²) in [5.74, 6) is -2.19. The lowest BCUT2D eigenvalue weighted by Gasteiger charge is -2.14. The first-order chi connectivity index (χ1) is 13.2. The third-order valence-corrected chi connectivity index (χ3v) is 5.82. The summed E-state index contributed by atoms with van der Waals surface area (Å²) >= 11 is 0. The maximum Gasteiger partial charge on any atom is 0.334 e. The summed E-state index contributed by atoms with van der Waals surface area (Å²) in [6.45, 7) is 4.99. The Morgan fingerprint density at radius 2 is 1.39 bits per heavy atom. The van der Waals surface area contributed by atoms with Crippen molar-refractivity contribution in [1.82, 2.24) is 0 Å². The lowest BCUT2D eigenvalue weighted by Crippen LogP contribution is -2.28. The average molecular weight is 421 g/mol. The normalized spacial score (nSPS) is 12.5. The highest BCUT2D eigenvalue weighted by molar-refractivity contribution is 7.86. The molecule has 164 valence electrons. The third-order valence-electron chi connectivity index (χ3n) is 4.60. The molecule has 0 aliphatic heterocycles. The van der Waals surface area contributed by atoms with E-state index >= 15 is 0 Å². The van der Waals surface area contributed by atoms with E-state index in [1.165, 1.54) is 44.9 Å². The van der Waals surface area contributed by atoms with E-state index in [0.29, 0.717) is 6.42 Å². The molecule has 2 N–H and O–H groups in total. The molecule has 1 atom stereocenters. The van der Waals surface area contributed by atoms with Gasteiger partial charge in [-0.05, 0) is 6.42 Å². The van der Waals surface area contributed by atoms with Gasteiger partial charge in [0.15, 0.2) is 0 Å². The molecule has 0 aliphatic rings. The minimum Gasteiger partial charge on any atom is -0.481 e. The number of rotatable bonds is 18. The van der Waals surface area contributed by atoms with Gasteiger partial charge in [0, 0.05) is 5.57 Å². The molecule has 0 aromatic heterocycles. The van der Waals surface area contributed by atoms with Gasteiger partial charge in [-0.1, -0.05) is 84.1 Å². The van der Waals surface area contributed by atoms with E-state index in [0.717, 1.165) is 19.3 Å². The van der Waals surface area contributed by atoms with Gasteiger partial charge in [-0.15, -0.1) is 0 Å². The number of ether oxygens (including phenoxy) is 1. The second kappa shape index (κ2) is 15.5. The fraction of sp³-hybridized carbons (Fsp3) is 0.800. The summed E-state index contributed by atoms with van der Waals surface area (Å²) in [6, 6.07) is 0. The zero-order chi connectivity index (χ0) is 21.4. The molecule has 0 aromatic rings. The average Bonchev–Trinajstić information content (AvgIpc) is 2.60. The van der Waals surface area contributed by atoms with Gasteiger partial charge in [0.2, 0.25) is 0 Å². The van der Waals surface area contributed by atoms with Crippen LogP contribution in [0, 0.1) is 0 Å². The number of carbonyl (C=O) groups excluding carboxylic acids is 1. The maximum atomic E-state index is 11.6. The SMILES string of the molecule is C=C(CC(=O)O)C(=O)OCC(CCCCCCCCCCCCC)S(=O)(=O)O. The van der Waals surface area contributed by atoms with Gasteiger partial charge in [0.1, 0.15) is 11.9 Å². The lowest BCUT2D eigenvalue weighted by atomic mass is 10.0. The molecule has 7 nitrogen and oxygen atoms in total. The van der Waals surface area contributed by atoms with Gasteiger partial charge in [0.05, 0.1) is 6.42 Å². The van der Waals surface area contributed by atoms with Crippen molar-refractivity contribution in [2.75, 3.05) is 6.61 Å². The quantitative estimate of drug-likeness (QED) is 0.145. The van der Waals surface area contributed by atoms with E-state index in [1.807, 2.05) is 0 Å². The van der Waals surface area contributed by atoms with Crippen LogP contribution in [0.1, 0.15) is 90.4 Å². The van der Waals surface area contributed by atoms with Crippen LogP contribution in [0.5, 0.6) is 0 Å². The first-order valence-electron chi connectivity index (χ1n) is 10.2. The van der Waals surface area contributed by atoms with Crippen LogP contribution in [-0.4, -0.2) is 41.9 Å². The molecule has 0 radical (unpaired) electrons. The molecule has 0 heterocycles. The minimum absolute atomic E-state index is 0.189. The number of hydrogen-bond acceptors (Lipinski definition) is 5. The van der Waals surface area contributed by atoms with Gasteiger partial charge in [0.25, 0.3) is 10.1 Å². The number of carboxylic acid groups (broad SMARTS) is 1.